The second-order valence-corrected chi connectivity index (χ2v) is 8.59. The van der Waals surface area contributed by atoms with Gasteiger partial charge in [-0.1, -0.05) is 69.3 Å². The number of aliphatic hydroxyl groups is 1. The molecule has 1 aliphatic carbocycles. The smallest absolute Gasteiger partial charge is 0.409 e. The van der Waals surface area contributed by atoms with Gasteiger partial charge in [0.1, 0.15) is 6.61 Å². The summed E-state index contributed by atoms with van der Waals surface area (Å²) in [6, 6.07) is 16.6. The predicted octanol–water partition coefficient (Wildman–Crippen LogP) is 4.66. The van der Waals surface area contributed by atoms with Crippen LogP contribution in [-0.4, -0.2) is 41.9 Å². The Morgan fingerprint density at radius 3 is 2.07 bits per heavy atom. The SMILES string of the molecule is CC(O)CN(CC(C)(C)C)C(=O)OCC1c2ccccc2-c2ccccc21. The molecular formula is C23H29NO3. The molecular weight excluding hydrogens is 338 g/mol. The average molecular weight is 367 g/mol. The first kappa shape index (κ1) is 19.4. The van der Waals surface area contributed by atoms with Crippen molar-refractivity contribution >= 4 is 6.09 Å². The lowest BCUT2D eigenvalue weighted by Crippen LogP contribution is -2.42. The van der Waals surface area contributed by atoms with E-state index in [0.29, 0.717) is 13.2 Å². The highest BCUT2D eigenvalue weighted by molar-refractivity contribution is 5.79. The molecule has 4 nitrogen and oxygen atoms in total. The molecule has 0 heterocycles. The molecule has 0 radical (unpaired) electrons. The van der Waals surface area contributed by atoms with E-state index in [1.165, 1.54) is 22.3 Å². The molecule has 1 aliphatic rings. The van der Waals surface area contributed by atoms with Crippen LogP contribution in [0.3, 0.4) is 0 Å². The van der Waals surface area contributed by atoms with Gasteiger partial charge in [0.15, 0.2) is 0 Å². The van der Waals surface area contributed by atoms with Crippen molar-refractivity contribution in [3.63, 3.8) is 0 Å². The normalized spacial score (nSPS) is 14.4. The molecule has 0 bridgehead atoms. The molecule has 0 fully saturated rings. The van der Waals surface area contributed by atoms with Crippen molar-refractivity contribution in [2.45, 2.75) is 39.7 Å². The number of aliphatic hydroxyl groups excluding tert-OH is 1. The van der Waals surface area contributed by atoms with E-state index in [2.05, 4.69) is 45.0 Å². The van der Waals surface area contributed by atoms with Gasteiger partial charge in [-0.15, -0.1) is 0 Å². The minimum atomic E-state index is -0.590. The van der Waals surface area contributed by atoms with Gasteiger partial charge < -0.3 is 14.7 Å². The Kier molecular flexibility index (Phi) is 5.56. The second-order valence-electron chi connectivity index (χ2n) is 8.59. The maximum absolute atomic E-state index is 12.7. The van der Waals surface area contributed by atoms with Crippen LogP contribution in [0.25, 0.3) is 11.1 Å². The number of hydrogen-bond donors (Lipinski definition) is 1. The number of rotatable bonds is 5. The van der Waals surface area contributed by atoms with E-state index in [1.807, 2.05) is 24.3 Å². The van der Waals surface area contributed by atoms with Crippen LogP contribution in [0, 0.1) is 5.41 Å². The Morgan fingerprint density at radius 1 is 1.07 bits per heavy atom. The zero-order valence-electron chi connectivity index (χ0n) is 16.6. The number of fused-ring (bicyclic) bond motifs is 3. The Hall–Kier alpha value is -2.33. The predicted molar refractivity (Wildman–Crippen MR) is 108 cm³/mol. The first-order chi connectivity index (χ1) is 12.8. The highest BCUT2D eigenvalue weighted by atomic mass is 16.6. The van der Waals surface area contributed by atoms with Gasteiger partial charge in [0, 0.05) is 19.0 Å². The quantitative estimate of drug-likeness (QED) is 0.836. The van der Waals surface area contributed by atoms with Gasteiger partial charge in [-0.2, -0.15) is 0 Å². The molecule has 1 atom stereocenters. The number of ether oxygens (including phenoxy) is 1. The van der Waals surface area contributed by atoms with Crippen LogP contribution in [0.4, 0.5) is 4.79 Å². The number of benzene rings is 2. The molecule has 0 saturated carbocycles. The summed E-state index contributed by atoms with van der Waals surface area (Å²) in [6.45, 7) is 9.00. The zero-order valence-corrected chi connectivity index (χ0v) is 16.6. The van der Waals surface area contributed by atoms with Crippen molar-refractivity contribution in [1.29, 1.82) is 0 Å². The van der Waals surface area contributed by atoms with Gasteiger partial charge in [-0.05, 0) is 34.6 Å². The van der Waals surface area contributed by atoms with Crippen LogP contribution in [-0.2, 0) is 4.74 Å². The van der Waals surface area contributed by atoms with Crippen LogP contribution in [0.2, 0.25) is 0 Å². The van der Waals surface area contributed by atoms with Crippen molar-refractivity contribution in [3.8, 4) is 11.1 Å². The molecule has 1 amide bonds. The van der Waals surface area contributed by atoms with E-state index < -0.39 is 6.10 Å². The van der Waals surface area contributed by atoms with Crippen molar-refractivity contribution in [2.75, 3.05) is 19.7 Å². The molecule has 0 aromatic heterocycles. The van der Waals surface area contributed by atoms with Crippen molar-refractivity contribution in [3.05, 3.63) is 59.7 Å². The summed E-state index contributed by atoms with van der Waals surface area (Å²) in [4.78, 5) is 14.3. The molecule has 0 saturated heterocycles. The first-order valence-corrected chi connectivity index (χ1v) is 9.54. The minimum Gasteiger partial charge on any atom is -0.448 e. The van der Waals surface area contributed by atoms with E-state index >= 15 is 0 Å². The maximum Gasteiger partial charge on any atom is 0.409 e. The van der Waals surface area contributed by atoms with Crippen LogP contribution in [0.1, 0.15) is 44.7 Å². The van der Waals surface area contributed by atoms with Crippen molar-refractivity contribution in [1.82, 2.24) is 4.90 Å². The van der Waals surface area contributed by atoms with Gasteiger partial charge in [0.25, 0.3) is 0 Å². The lowest BCUT2D eigenvalue weighted by molar-refractivity contribution is 0.0627. The molecule has 1 N–H and O–H groups in total. The monoisotopic (exact) mass is 367 g/mol. The number of carbonyl (C=O) groups is 1. The van der Waals surface area contributed by atoms with E-state index in [9.17, 15) is 9.90 Å². The molecule has 0 spiro atoms. The minimum absolute atomic E-state index is 0.0457. The van der Waals surface area contributed by atoms with Crippen molar-refractivity contribution in [2.24, 2.45) is 5.41 Å². The highest BCUT2D eigenvalue weighted by Gasteiger charge is 2.30. The van der Waals surface area contributed by atoms with Crippen LogP contribution in [0.15, 0.2) is 48.5 Å². The van der Waals surface area contributed by atoms with E-state index in [4.69, 9.17) is 4.74 Å². The summed E-state index contributed by atoms with van der Waals surface area (Å²) >= 11 is 0. The molecule has 27 heavy (non-hydrogen) atoms. The third-order valence-electron chi connectivity index (χ3n) is 4.74. The van der Waals surface area contributed by atoms with Gasteiger partial charge >= 0.3 is 6.09 Å². The highest BCUT2D eigenvalue weighted by Crippen LogP contribution is 2.44. The lowest BCUT2D eigenvalue weighted by Gasteiger charge is -2.30. The van der Waals surface area contributed by atoms with E-state index in [0.717, 1.165) is 0 Å². The van der Waals surface area contributed by atoms with Crippen LogP contribution >= 0.6 is 0 Å². The topological polar surface area (TPSA) is 49.8 Å². The summed E-state index contributed by atoms with van der Waals surface area (Å²) in [5.41, 5.74) is 4.75. The molecule has 1 unspecified atom stereocenters. The lowest BCUT2D eigenvalue weighted by atomic mass is 9.96. The molecule has 2 aromatic carbocycles. The molecule has 0 aliphatic heterocycles. The second kappa shape index (κ2) is 7.73. The molecule has 4 heteroatoms. The Bertz CT molecular complexity index is 762. The van der Waals surface area contributed by atoms with Gasteiger partial charge in [-0.3, -0.25) is 0 Å². The van der Waals surface area contributed by atoms with Crippen molar-refractivity contribution < 1.29 is 14.6 Å². The standard InChI is InChI=1S/C23H29NO3/c1-16(25)13-24(15-23(2,3)4)22(26)27-14-21-19-11-7-5-9-17(19)18-10-6-8-12-20(18)21/h5-12,16,21,25H,13-15H2,1-4H3. The summed E-state index contributed by atoms with van der Waals surface area (Å²) in [5, 5.41) is 9.76. The fraction of sp³-hybridized carbons (Fsp3) is 0.435. The summed E-state index contributed by atoms with van der Waals surface area (Å²) < 4.78 is 5.72. The Morgan fingerprint density at radius 2 is 1.59 bits per heavy atom. The fourth-order valence-corrected chi connectivity index (χ4v) is 3.78. The first-order valence-electron chi connectivity index (χ1n) is 9.54. The van der Waals surface area contributed by atoms with E-state index in [-0.39, 0.29) is 24.0 Å². The van der Waals surface area contributed by atoms with E-state index in [1.54, 1.807) is 11.8 Å². The largest absolute Gasteiger partial charge is 0.448 e. The zero-order chi connectivity index (χ0) is 19.6. The Labute approximate surface area is 161 Å². The fourth-order valence-electron chi connectivity index (χ4n) is 3.78. The molecule has 3 rings (SSSR count). The maximum atomic E-state index is 12.7. The number of carbonyl (C=O) groups excluding carboxylic acids is 1. The molecule has 144 valence electrons. The Balaban J connectivity index is 1.76. The third-order valence-corrected chi connectivity index (χ3v) is 4.74. The van der Waals surface area contributed by atoms with Gasteiger partial charge in [-0.25, -0.2) is 4.79 Å². The summed E-state index contributed by atoms with van der Waals surface area (Å²) in [7, 11) is 0. The number of hydrogen-bond acceptors (Lipinski definition) is 3. The van der Waals surface area contributed by atoms with Crippen LogP contribution in [0.5, 0.6) is 0 Å². The average Bonchev–Trinajstić information content (AvgIpc) is 2.91. The number of amides is 1. The van der Waals surface area contributed by atoms with Gasteiger partial charge in [0.05, 0.1) is 6.10 Å². The summed E-state index contributed by atoms with van der Waals surface area (Å²) in [6.07, 6.45) is -0.958. The van der Waals surface area contributed by atoms with Gasteiger partial charge in [0.2, 0.25) is 0 Å². The number of nitrogens with zero attached hydrogens (tertiary/aromatic N) is 1. The van der Waals surface area contributed by atoms with Crippen LogP contribution < -0.4 is 0 Å². The third kappa shape index (κ3) is 4.51. The summed E-state index contributed by atoms with van der Waals surface area (Å²) in [5.74, 6) is 0.0457. The molecule has 2 aromatic rings.